The van der Waals surface area contributed by atoms with Crippen LogP contribution < -0.4 is 4.74 Å². The number of rotatable bonds is 15. The van der Waals surface area contributed by atoms with E-state index >= 15 is 0 Å². The van der Waals surface area contributed by atoms with E-state index in [0.717, 1.165) is 38.5 Å². The van der Waals surface area contributed by atoms with E-state index in [4.69, 9.17) is 9.47 Å². The van der Waals surface area contributed by atoms with Gasteiger partial charge in [0.1, 0.15) is 0 Å². The van der Waals surface area contributed by atoms with Crippen LogP contribution in [0.15, 0.2) is 35.6 Å². The van der Waals surface area contributed by atoms with E-state index in [0.29, 0.717) is 12.8 Å². The molecule has 1 aromatic carbocycles. The SMILES string of the molecule is CCCCCCOC(=O)C(Oc1ccccc1[N+](=O)[O-])=C(CCCCCC)C(=O)O. The summed E-state index contributed by atoms with van der Waals surface area (Å²) in [4.78, 5) is 35.1. The van der Waals surface area contributed by atoms with Crippen molar-refractivity contribution < 1.29 is 29.1 Å². The number of nitro groups is 1. The molecular weight excluding hydrogens is 390 g/mol. The molecule has 0 aromatic heterocycles. The summed E-state index contributed by atoms with van der Waals surface area (Å²) in [5.74, 6) is -2.92. The lowest BCUT2D eigenvalue weighted by Crippen LogP contribution is -2.20. The average molecular weight is 421 g/mol. The summed E-state index contributed by atoms with van der Waals surface area (Å²) in [6, 6.07) is 5.52. The minimum atomic E-state index is -1.30. The Morgan fingerprint density at radius 1 is 1.00 bits per heavy atom. The van der Waals surface area contributed by atoms with Gasteiger partial charge in [0.25, 0.3) is 0 Å². The van der Waals surface area contributed by atoms with Crippen molar-refractivity contribution in [2.24, 2.45) is 0 Å². The van der Waals surface area contributed by atoms with E-state index in [9.17, 15) is 24.8 Å². The van der Waals surface area contributed by atoms with Gasteiger partial charge in [0.2, 0.25) is 11.5 Å². The molecule has 0 fully saturated rings. The number of aliphatic carboxylic acids is 1. The Morgan fingerprint density at radius 3 is 2.23 bits per heavy atom. The van der Waals surface area contributed by atoms with Crippen molar-refractivity contribution >= 4 is 17.6 Å². The number of carboxylic acids is 1. The van der Waals surface area contributed by atoms with Gasteiger partial charge in [-0.3, -0.25) is 10.1 Å². The van der Waals surface area contributed by atoms with E-state index in [2.05, 4.69) is 6.92 Å². The van der Waals surface area contributed by atoms with Crippen LogP contribution in [0.4, 0.5) is 5.69 Å². The predicted octanol–water partition coefficient (Wildman–Crippen LogP) is 5.41. The molecule has 0 aliphatic carbocycles. The first-order chi connectivity index (χ1) is 14.4. The molecule has 0 unspecified atom stereocenters. The van der Waals surface area contributed by atoms with Crippen LogP contribution in [0.3, 0.4) is 0 Å². The summed E-state index contributed by atoms with van der Waals surface area (Å²) in [7, 11) is 0. The summed E-state index contributed by atoms with van der Waals surface area (Å²) in [5, 5.41) is 20.9. The minimum Gasteiger partial charge on any atom is -0.478 e. The zero-order valence-corrected chi connectivity index (χ0v) is 17.7. The number of benzene rings is 1. The van der Waals surface area contributed by atoms with Gasteiger partial charge in [-0.15, -0.1) is 0 Å². The van der Waals surface area contributed by atoms with Crippen molar-refractivity contribution in [2.75, 3.05) is 6.61 Å². The highest BCUT2D eigenvalue weighted by Gasteiger charge is 2.27. The summed E-state index contributed by atoms with van der Waals surface area (Å²) < 4.78 is 10.7. The standard InChI is InChI=1S/C22H31NO7/c1-3-5-7-9-13-17(21(24)25)20(22(26)29-16-12-8-6-4-2)30-19-15-11-10-14-18(19)23(27)28/h10-11,14-15H,3-9,12-13,16H2,1-2H3,(H,24,25). The number of carbonyl (C=O) groups excluding carboxylic acids is 1. The monoisotopic (exact) mass is 421 g/mol. The van der Waals surface area contributed by atoms with Crippen molar-refractivity contribution in [1.29, 1.82) is 0 Å². The van der Waals surface area contributed by atoms with Crippen LogP contribution in [0.1, 0.15) is 71.6 Å². The van der Waals surface area contributed by atoms with E-state index < -0.39 is 22.6 Å². The Balaban J connectivity index is 3.14. The molecule has 0 aliphatic heterocycles. The van der Waals surface area contributed by atoms with Crippen LogP contribution in [-0.4, -0.2) is 28.6 Å². The molecule has 0 saturated carbocycles. The van der Waals surface area contributed by atoms with E-state index in [1.807, 2.05) is 6.92 Å². The number of carboxylic acid groups (broad SMARTS) is 1. The minimum absolute atomic E-state index is 0.107. The summed E-state index contributed by atoms with van der Waals surface area (Å²) in [5.41, 5.74) is -0.593. The molecule has 8 heteroatoms. The van der Waals surface area contributed by atoms with Gasteiger partial charge in [0.05, 0.1) is 17.1 Å². The second-order valence-corrected chi connectivity index (χ2v) is 6.95. The van der Waals surface area contributed by atoms with E-state index in [1.54, 1.807) is 0 Å². The first-order valence-electron chi connectivity index (χ1n) is 10.5. The topological polar surface area (TPSA) is 116 Å². The fourth-order valence-electron chi connectivity index (χ4n) is 2.84. The third kappa shape index (κ3) is 8.63. The number of para-hydroxylation sites is 2. The Kier molecular flexibility index (Phi) is 11.8. The summed E-state index contributed by atoms with van der Waals surface area (Å²) in [6.45, 7) is 4.23. The van der Waals surface area contributed by atoms with Gasteiger partial charge in [-0.05, 0) is 25.3 Å². The van der Waals surface area contributed by atoms with Crippen molar-refractivity contribution in [2.45, 2.75) is 71.6 Å². The molecule has 1 aromatic rings. The quantitative estimate of drug-likeness (QED) is 0.101. The van der Waals surface area contributed by atoms with E-state index in [-0.39, 0.29) is 30.0 Å². The van der Waals surface area contributed by atoms with Gasteiger partial charge in [0, 0.05) is 6.07 Å². The molecule has 0 amide bonds. The normalized spacial score (nSPS) is 11.5. The number of ether oxygens (including phenoxy) is 2. The molecule has 8 nitrogen and oxygen atoms in total. The Labute approximate surface area is 177 Å². The lowest BCUT2D eigenvalue weighted by atomic mass is 10.1. The lowest BCUT2D eigenvalue weighted by molar-refractivity contribution is -0.385. The van der Waals surface area contributed by atoms with Gasteiger partial charge >= 0.3 is 17.6 Å². The molecule has 0 bridgehead atoms. The molecule has 0 atom stereocenters. The van der Waals surface area contributed by atoms with Gasteiger partial charge in [-0.1, -0.05) is 64.5 Å². The highest BCUT2D eigenvalue weighted by atomic mass is 16.6. The fraction of sp³-hybridized carbons (Fsp3) is 0.545. The Hall–Kier alpha value is -2.90. The van der Waals surface area contributed by atoms with E-state index in [1.165, 1.54) is 24.3 Å². The number of nitro benzene ring substituents is 1. The highest BCUT2D eigenvalue weighted by molar-refractivity contribution is 5.98. The number of hydrogen-bond acceptors (Lipinski definition) is 6. The maximum atomic E-state index is 12.7. The van der Waals surface area contributed by atoms with Gasteiger partial charge in [-0.25, -0.2) is 9.59 Å². The number of nitrogens with zero attached hydrogens (tertiary/aromatic N) is 1. The number of carbonyl (C=O) groups is 2. The second kappa shape index (κ2) is 14.1. The second-order valence-electron chi connectivity index (χ2n) is 6.95. The number of hydrogen-bond donors (Lipinski definition) is 1. The van der Waals surface area contributed by atoms with Crippen LogP contribution in [0.5, 0.6) is 5.75 Å². The number of esters is 1. The first-order valence-corrected chi connectivity index (χ1v) is 10.5. The molecular formula is C22H31NO7. The maximum Gasteiger partial charge on any atom is 0.374 e. The summed E-state index contributed by atoms with van der Waals surface area (Å²) in [6.07, 6.45) is 6.96. The van der Waals surface area contributed by atoms with Crippen molar-refractivity contribution in [3.63, 3.8) is 0 Å². The van der Waals surface area contributed by atoms with Crippen LogP contribution in [-0.2, 0) is 14.3 Å². The average Bonchev–Trinajstić information content (AvgIpc) is 2.72. The molecule has 0 spiro atoms. The molecule has 0 saturated heterocycles. The number of unbranched alkanes of at least 4 members (excludes halogenated alkanes) is 6. The van der Waals surface area contributed by atoms with Crippen LogP contribution in [0, 0.1) is 10.1 Å². The molecule has 30 heavy (non-hydrogen) atoms. The first kappa shape index (κ1) is 25.1. The van der Waals surface area contributed by atoms with Crippen LogP contribution >= 0.6 is 0 Å². The van der Waals surface area contributed by atoms with Gasteiger partial charge in [-0.2, -0.15) is 0 Å². The zero-order valence-electron chi connectivity index (χ0n) is 17.7. The highest BCUT2D eigenvalue weighted by Crippen LogP contribution is 2.29. The Morgan fingerprint density at radius 2 is 1.63 bits per heavy atom. The summed E-state index contributed by atoms with van der Waals surface area (Å²) >= 11 is 0. The third-order valence-corrected chi connectivity index (χ3v) is 4.50. The predicted molar refractivity (Wildman–Crippen MR) is 112 cm³/mol. The molecule has 166 valence electrons. The molecule has 1 N–H and O–H groups in total. The van der Waals surface area contributed by atoms with Gasteiger partial charge < -0.3 is 14.6 Å². The maximum absolute atomic E-state index is 12.7. The largest absolute Gasteiger partial charge is 0.478 e. The molecule has 0 radical (unpaired) electrons. The zero-order chi connectivity index (χ0) is 22.4. The molecule has 1 rings (SSSR count). The van der Waals surface area contributed by atoms with Crippen molar-refractivity contribution in [3.8, 4) is 5.75 Å². The lowest BCUT2D eigenvalue weighted by Gasteiger charge is -2.14. The molecule has 0 aliphatic rings. The van der Waals surface area contributed by atoms with Crippen molar-refractivity contribution in [3.05, 3.63) is 45.7 Å². The smallest absolute Gasteiger partial charge is 0.374 e. The third-order valence-electron chi connectivity index (χ3n) is 4.50. The fourth-order valence-corrected chi connectivity index (χ4v) is 2.84. The van der Waals surface area contributed by atoms with Gasteiger partial charge in [0.15, 0.2) is 0 Å². The molecule has 0 heterocycles. The van der Waals surface area contributed by atoms with Crippen LogP contribution in [0.25, 0.3) is 0 Å². The Bertz CT molecular complexity index is 743. The van der Waals surface area contributed by atoms with Crippen LogP contribution in [0.2, 0.25) is 0 Å². The van der Waals surface area contributed by atoms with Crippen molar-refractivity contribution in [1.82, 2.24) is 0 Å².